The van der Waals surface area contributed by atoms with Crippen molar-refractivity contribution in [2.45, 2.75) is 69.9 Å². The van der Waals surface area contributed by atoms with Crippen LogP contribution in [-0.4, -0.2) is 84.9 Å². The van der Waals surface area contributed by atoms with Crippen molar-refractivity contribution in [3.63, 3.8) is 0 Å². The fourth-order valence-corrected chi connectivity index (χ4v) is 7.07. The van der Waals surface area contributed by atoms with Gasteiger partial charge in [-0.15, -0.1) is 0 Å². The minimum absolute atomic E-state index is 0.0124. The molecule has 49 heavy (non-hydrogen) atoms. The van der Waals surface area contributed by atoms with Crippen LogP contribution in [0.15, 0.2) is 60.7 Å². The van der Waals surface area contributed by atoms with Crippen LogP contribution in [0.4, 0.5) is 16.2 Å². The van der Waals surface area contributed by atoms with Gasteiger partial charge in [-0.25, -0.2) is 13.2 Å². The topological polar surface area (TPSA) is 163 Å². The van der Waals surface area contributed by atoms with Gasteiger partial charge in [0.25, 0.3) is 0 Å². The van der Waals surface area contributed by atoms with E-state index in [9.17, 15) is 33.6 Å². The summed E-state index contributed by atoms with van der Waals surface area (Å²) in [5.41, 5.74) is 2.70. The molecule has 0 radical (unpaired) electrons. The Kier molecular flexibility index (Phi) is 14.4. The van der Waals surface area contributed by atoms with Crippen molar-refractivity contribution in [3.05, 3.63) is 71.2 Å². The normalized spacial score (nSPS) is 14.8. The molecule has 13 heteroatoms. The quantitative estimate of drug-likeness (QED) is 0.0615. The number of hydrogen-bond donors (Lipinski definition) is 6. The molecule has 268 valence electrons. The Bertz CT molecular complexity index is 1630. The zero-order valence-corrected chi connectivity index (χ0v) is 29.6. The number of phenolic OH excluding ortho intramolecular Hbond substituents is 2. The van der Waals surface area contributed by atoms with Gasteiger partial charge >= 0.3 is 6.09 Å². The Morgan fingerprint density at radius 3 is 2.27 bits per heavy atom. The number of halogens is 1. The lowest BCUT2D eigenvalue weighted by molar-refractivity contribution is 0.174. The Morgan fingerprint density at radius 2 is 1.59 bits per heavy atom. The van der Waals surface area contributed by atoms with Crippen molar-refractivity contribution in [2.75, 3.05) is 48.6 Å². The number of para-hydroxylation sites is 1. The SMILES string of the molecule is CS(=O)(=O)Nc1cc([C@H](O)CNCCCCCCCCCN2CCC(N(C(=O)O)c3ccccc3-c3ccc(O)c(Cl)c3)CC2)ccc1O. The van der Waals surface area contributed by atoms with Crippen molar-refractivity contribution in [1.29, 1.82) is 0 Å². The highest BCUT2D eigenvalue weighted by atomic mass is 35.5. The molecule has 6 N–H and O–H groups in total. The number of benzene rings is 3. The first-order valence-electron chi connectivity index (χ1n) is 16.9. The van der Waals surface area contributed by atoms with Crippen LogP contribution in [0, 0.1) is 0 Å². The number of carbonyl (C=O) groups is 1. The number of aliphatic hydroxyl groups is 1. The van der Waals surface area contributed by atoms with E-state index in [1.54, 1.807) is 18.2 Å². The number of anilines is 2. The maximum atomic E-state index is 12.5. The first kappa shape index (κ1) is 38.3. The summed E-state index contributed by atoms with van der Waals surface area (Å²) < 4.78 is 25.2. The first-order valence-corrected chi connectivity index (χ1v) is 19.2. The van der Waals surface area contributed by atoms with E-state index >= 15 is 0 Å². The molecule has 1 aliphatic rings. The minimum atomic E-state index is -3.54. The molecule has 3 aromatic rings. The maximum absolute atomic E-state index is 12.5. The molecule has 1 atom stereocenters. The fraction of sp³-hybridized carbons (Fsp3) is 0.472. The van der Waals surface area contributed by atoms with Crippen molar-refractivity contribution in [3.8, 4) is 22.6 Å². The van der Waals surface area contributed by atoms with Crippen molar-refractivity contribution in [1.82, 2.24) is 10.2 Å². The molecule has 0 aliphatic carbocycles. The van der Waals surface area contributed by atoms with Crippen LogP contribution in [0.3, 0.4) is 0 Å². The monoisotopic (exact) mass is 716 g/mol. The predicted molar refractivity (Wildman–Crippen MR) is 195 cm³/mol. The van der Waals surface area contributed by atoms with Crippen molar-refractivity contribution < 1.29 is 33.6 Å². The van der Waals surface area contributed by atoms with Crippen LogP contribution in [-0.2, 0) is 10.0 Å². The van der Waals surface area contributed by atoms with Crippen molar-refractivity contribution in [2.24, 2.45) is 0 Å². The van der Waals surface area contributed by atoms with Gasteiger partial charge in [0.1, 0.15) is 11.5 Å². The second-order valence-electron chi connectivity index (χ2n) is 12.8. The molecule has 1 heterocycles. The van der Waals surface area contributed by atoms with E-state index in [0.29, 0.717) is 17.8 Å². The van der Waals surface area contributed by atoms with Gasteiger partial charge in [-0.1, -0.05) is 74.0 Å². The van der Waals surface area contributed by atoms with Crippen LogP contribution in [0.25, 0.3) is 11.1 Å². The first-order chi connectivity index (χ1) is 23.4. The summed E-state index contributed by atoms with van der Waals surface area (Å²) in [7, 11) is -3.54. The average Bonchev–Trinajstić information content (AvgIpc) is 3.06. The number of unbranched alkanes of at least 4 members (excludes halogenated alkanes) is 6. The highest BCUT2D eigenvalue weighted by Crippen LogP contribution is 2.37. The zero-order valence-electron chi connectivity index (χ0n) is 28.0. The molecular formula is C36H49ClN4O7S. The number of sulfonamides is 1. The van der Waals surface area contributed by atoms with Gasteiger partial charge in [-0.2, -0.15) is 0 Å². The lowest BCUT2D eigenvalue weighted by atomic mass is 9.98. The third kappa shape index (κ3) is 11.8. The van der Waals surface area contributed by atoms with E-state index in [1.807, 2.05) is 24.3 Å². The van der Waals surface area contributed by atoms with E-state index in [4.69, 9.17) is 11.6 Å². The van der Waals surface area contributed by atoms with E-state index in [-0.39, 0.29) is 28.3 Å². The zero-order chi connectivity index (χ0) is 35.4. The lowest BCUT2D eigenvalue weighted by Gasteiger charge is -2.38. The van der Waals surface area contributed by atoms with Gasteiger partial charge in [0.05, 0.1) is 28.8 Å². The summed E-state index contributed by atoms with van der Waals surface area (Å²) >= 11 is 6.15. The van der Waals surface area contributed by atoms with Crippen LogP contribution in [0.2, 0.25) is 5.02 Å². The number of amides is 1. The molecule has 1 fully saturated rings. The van der Waals surface area contributed by atoms with Gasteiger partial charge in [-0.05, 0) is 80.2 Å². The Morgan fingerprint density at radius 1 is 0.939 bits per heavy atom. The smallest absolute Gasteiger partial charge is 0.412 e. The molecule has 3 aromatic carbocycles. The summed E-state index contributed by atoms with van der Waals surface area (Å²) in [6, 6.07) is 16.6. The molecule has 1 amide bonds. The van der Waals surface area contributed by atoms with Crippen LogP contribution >= 0.6 is 11.6 Å². The summed E-state index contributed by atoms with van der Waals surface area (Å²) in [6.45, 7) is 3.83. The van der Waals surface area contributed by atoms with Crippen LogP contribution in [0.1, 0.15) is 69.5 Å². The number of aliphatic hydroxyl groups excluding tert-OH is 1. The van der Waals surface area contributed by atoms with E-state index in [2.05, 4.69) is 14.9 Å². The lowest BCUT2D eigenvalue weighted by Crippen LogP contribution is -2.47. The summed E-state index contributed by atoms with van der Waals surface area (Å²) in [4.78, 5) is 16.4. The van der Waals surface area contributed by atoms with E-state index in [1.165, 1.54) is 35.9 Å². The number of rotatable bonds is 18. The van der Waals surface area contributed by atoms with Crippen LogP contribution < -0.4 is 14.9 Å². The highest BCUT2D eigenvalue weighted by molar-refractivity contribution is 7.92. The number of nitrogens with zero attached hydrogens (tertiary/aromatic N) is 2. The molecule has 0 saturated carbocycles. The number of likely N-dealkylation sites (tertiary alicyclic amines) is 1. The van der Waals surface area contributed by atoms with E-state index < -0.39 is 22.2 Å². The molecule has 1 aliphatic heterocycles. The molecule has 4 rings (SSSR count). The maximum Gasteiger partial charge on any atom is 0.412 e. The third-order valence-corrected chi connectivity index (χ3v) is 9.81. The van der Waals surface area contributed by atoms with Crippen LogP contribution in [0.5, 0.6) is 11.5 Å². The van der Waals surface area contributed by atoms with Gasteiger partial charge in [-0.3, -0.25) is 9.62 Å². The summed E-state index contributed by atoms with van der Waals surface area (Å²) in [5.74, 6) is -0.210. The van der Waals surface area contributed by atoms with Gasteiger partial charge in [0, 0.05) is 31.2 Å². The molecule has 0 bridgehead atoms. The van der Waals surface area contributed by atoms with E-state index in [0.717, 1.165) is 88.5 Å². The van der Waals surface area contributed by atoms with Gasteiger partial charge in [0.2, 0.25) is 10.0 Å². The Labute approximate surface area is 294 Å². The molecule has 1 saturated heterocycles. The largest absolute Gasteiger partial charge is 0.506 e. The number of hydrogen-bond acceptors (Lipinski definition) is 8. The number of aromatic hydroxyl groups is 2. The van der Waals surface area contributed by atoms with Gasteiger partial charge < -0.3 is 30.6 Å². The number of nitrogens with one attached hydrogen (secondary N) is 2. The molecule has 11 nitrogen and oxygen atoms in total. The number of phenols is 2. The Hall–Kier alpha value is -3.55. The standard InChI is InChI=1S/C36H49ClN4O7S/c1-49(47,48)39-31-24-27(14-16-34(31)43)35(44)25-38-19-9-5-3-2-4-6-10-20-40-21-17-28(18-22-40)41(36(45)46)32-12-8-7-11-29(32)26-13-15-33(42)30(37)23-26/h7-8,11-16,23-24,28,35,38-39,42-44H,2-6,9-10,17-22,25H2,1H3,(H,45,46)/t35-/m1/s1. The van der Waals surface area contributed by atoms with Crippen molar-refractivity contribution >= 4 is 39.1 Å². The molecule has 0 unspecified atom stereocenters. The second-order valence-corrected chi connectivity index (χ2v) is 14.9. The molecular weight excluding hydrogens is 668 g/mol. The molecule has 0 aromatic heterocycles. The predicted octanol–water partition coefficient (Wildman–Crippen LogP) is 6.79. The Balaban J connectivity index is 1.08. The highest BCUT2D eigenvalue weighted by Gasteiger charge is 2.30. The number of piperidine rings is 1. The molecule has 0 spiro atoms. The minimum Gasteiger partial charge on any atom is -0.506 e. The van der Waals surface area contributed by atoms with Gasteiger partial charge in [0.15, 0.2) is 0 Å². The fourth-order valence-electron chi connectivity index (χ4n) is 6.33. The second kappa shape index (κ2) is 18.4. The summed E-state index contributed by atoms with van der Waals surface area (Å²) in [5, 5.41) is 43.9. The average molecular weight is 717 g/mol. The number of carboxylic acid groups (broad SMARTS) is 1. The summed E-state index contributed by atoms with van der Waals surface area (Å²) in [6.07, 6.45) is 8.61. The third-order valence-electron chi connectivity index (χ3n) is 8.92.